The van der Waals surface area contributed by atoms with E-state index < -0.39 is 26.9 Å². The fourth-order valence-electron chi connectivity index (χ4n) is 2.29. The predicted molar refractivity (Wildman–Crippen MR) is 62.1 cm³/mol. The van der Waals surface area contributed by atoms with E-state index in [9.17, 15) is 23.6 Å². The molecular formula is C9H13N3O5S. The van der Waals surface area contributed by atoms with Gasteiger partial charge in [0.15, 0.2) is 9.84 Å². The second-order valence-electron chi connectivity index (χ2n) is 4.43. The van der Waals surface area contributed by atoms with E-state index >= 15 is 0 Å². The van der Waals surface area contributed by atoms with Crippen molar-refractivity contribution in [2.24, 2.45) is 0 Å². The van der Waals surface area contributed by atoms with E-state index in [-0.39, 0.29) is 28.6 Å². The molecule has 1 aromatic rings. The summed E-state index contributed by atoms with van der Waals surface area (Å²) in [4.78, 5) is 10.3. The molecule has 2 unspecified atom stereocenters. The number of nitrogens with zero attached hydrogens (tertiary/aromatic N) is 3. The van der Waals surface area contributed by atoms with Crippen LogP contribution in [-0.4, -0.2) is 45.8 Å². The molecule has 0 bridgehead atoms. The highest BCUT2D eigenvalue weighted by Gasteiger charge is 2.40. The Morgan fingerprint density at radius 3 is 2.44 bits per heavy atom. The second kappa shape index (κ2) is 4.02. The van der Waals surface area contributed by atoms with Gasteiger partial charge in [-0.3, -0.25) is 14.8 Å². The molecule has 0 aromatic carbocycles. The van der Waals surface area contributed by atoms with Crippen LogP contribution in [0, 0.1) is 24.0 Å². The number of aromatic nitrogens is 2. The largest absolute Gasteiger partial charge is 0.390 e. The number of aliphatic hydroxyl groups excluding tert-OH is 1. The van der Waals surface area contributed by atoms with Crippen molar-refractivity contribution in [3.05, 3.63) is 21.5 Å². The van der Waals surface area contributed by atoms with Crippen molar-refractivity contribution in [1.82, 2.24) is 9.78 Å². The lowest BCUT2D eigenvalue weighted by atomic mass is 10.2. The first-order valence-electron chi connectivity index (χ1n) is 5.31. The number of aryl methyl sites for hydroxylation is 1. The molecule has 0 saturated carbocycles. The Kier molecular flexibility index (Phi) is 2.90. The summed E-state index contributed by atoms with van der Waals surface area (Å²) in [5.74, 6) is -0.572. The second-order valence-corrected chi connectivity index (χ2v) is 6.59. The molecule has 100 valence electrons. The summed E-state index contributed by atoms with van der Waals surface area (Å²) in [5.41, 5.74) is 0.346. The van der Waals surface area contributed by atoms with E-state index in [0.717, 1.165) is 0 Å². The summed E-state index contributed by atoms with van der Waals surface area (Å²) in [5, 5.41) is 24.6. The summed E-state index contributed by atoms with van der Waals surface area (Å²) < 4.78 is 24.1. The first kappa shape index (κ1) is 13.0. The molecule has 1 aliphatic heterocycles. The molecule has 0 radical (unpaired) electrons. The van der Waals surface area contributed by atoms with E-state index in [4.69, 9.17) is 0 Å². The maximum Gasteiger partial charge on any atom is 0.312 e. The van der Waals surface area contributed by atoms with Gasteiger partial charge in [-0.25, -0.2) is 8.42 Å². The van der Waals surface area contributed by atoms with E-state index in [1.54, 1.807) is 0 Å². The van der Waals surface area contributed by atoms with Crippen LogP contribution in [0.3, 0.4) is 0 Å². The molecule has 18 heavy (non-hydrogen) atoms. The highest BCUT2D eigenvalue weighted by atomic mass is 32.2. The van der Waals surface area contributed by atoms with Gasteiger partial charge in [0.1, 0.15) is 11.4 Å². The minimum atomic E-state index is -3.31. The van der Waals surface area contributed by atoms with Crippen LogP contribution in [0.4, 0.5) is 5.69 Å². The van der Waals surface area contributed by atoms with Crippen LogP contribution in [0.15, 0.2) is 0 Å². The molecular weight excluding hydrogens is 262 g/mol. The molecule has 8 nitrogen and oxygen atoms in total. The minimum absolute atomic E-state index is 0.133. The standard InChI is InChI=1S/C9H13N3O5S/c1-5-9(12(14)15)6(2)11(10-5)7-3-18(16,17)4-8(7)13/h7-8,13H,3-4H2,1-2H3. The van der Waals surface area contributed by atoms with Crippen LogP contribution in [0.25, 0.3) is 0 Å². The van der Waals surface area contributed by atoms with Gasteiger partial charge < -0.3 is 5.11 Å². The Morgan fingerprint density at radius 2 is 2.06 bits per heavy atom. The van der Waals surface area contributed by atoms with E-state index in [2.05, 4.69) is 5.10 Å². The molecule has 9 heteroatoms. The number of hydrogen-bond acceptors (Lipinski definition) is 6. The Morgan fingerprint density at radius 1 is 1.44 bits per heavy atom. The molecule has 1 aliphatic rings. The summed E-state index contributed by atoms with van der Waals surface area (Å²) in [6.07, 6.45) is -1.08. The van der Waals surface area contributed by atoms with Crippen molar-refractivity contribution >= 4 is 15.5 Å². The van der Waals surface area contributed by atoms with Crippen molar-refractivity contribution in [1.29, 1.82) is 0 Å². The van der Waals surface area contributed by atoms with Crippen molar-refractivity contribution < 1.29 is 18.4 Å². The summed E-state index contributed by atoms with van der Waals surface area (Å²) in [7, 11) is -3.31. The third kappa shape index (κ3) is 1.99. The molecule has 1 saturated heterocycles. The number of rotatable bonds is 2. The Balaban J connectivity index is 2.48. The molecule has 1 fully saturated rings. The minimum Gasteiger partial charge on any atom is -0.390 e. The van der Waals surface area contributed by atoms with Crippen LogP contribution < -0.4 is 0 Å². The number of hydrogen-bond donors (Lipinski definition) is 1. The normalized spacial score (nSPS) is 26.4. The molecule has 1 N–H and O–H groups in total. The zero-order valence-corrected chi connectivity index (χ0v) is 10.7. The fourth-order valence-corrected chi connectivity index (χ4v) is 4.05. The van der Waals surface area contributed by atoms with E-state index in [1.807, 2.05) is 0 Å². The zero-order valence-electron chi connectivity index (χ0n) is 9.90. The number of nitro groups is 1. The summed E-state index contributed by atoms with van der Waals surface area (Å²) >= 11 is 0. The van der Waals surface area contributed by atoms with Crippen LogP contribution in [-0.2, 0) is 9.84 Å². The highest BCUT2D eigenvalue weighted by Crippen LogP contribution is 2.30. The topological polar surface area (TPSA) is 115 Å². The van der Waals surface area contributed by atoms with Gasteiger partial charge in [-0.1, -0.05) is 0 Å². The third-order valence-corrected chi connectivity index (χ3v) is 4.78. The lowest BCUT2D eigenvalue weighted by Crippen LogP contribution is -2.24. The predicted octanol–water partition coefficient (Wildman–Crippen LogP) is -0.261. The van der Waals surface area contributed by atoms with E-state index in [1.165, 1.54) is 18.5 Å². The molecule has 0 amide bonds. The Bertz CT molecular complexity index is 606. The van der Waals surface area contributed by atoms with Gasteiger partial charge in [0, 0.05) is 0 Å². The van der Waals surface area contributed by atoms with Crippen molar-refractivity contribution in [2.75, 3.05) is 11.5 Å². The van der Waals surface area contributed by atoms with Gasteiger partial charge in [0.25, 0.3) is 0 Å². The van der Waals surface area contributed by atoms with Crippen LogP contribution in [0.2, 0.25) is 0 Å². The molecule has 2 atom stereocenters. The zero-order chi connectivity index (χ0) is 13.7. The summed E-state index contributed by atoms with van der Waals surface area (Å²) in [6, 6.07) is -0.748. The van der Waals surface area contributed by atoms with Gasteiger partial charge in [-0.15, -0.1) is 0 Å². The van der Waals surface area contributed by atoms with Crippen molar-refractivity contribution in [3.8, 4) is 0 Å². The van der Waals surface area contributed by atoms with E-state index in [0.29, 0.717) is 0 Å². The first-order chi connectivity index (χ1) is 8.23. The smallest absolute Gasteiger partial charge is 0.312 e. The Labute approximate surface area is 103 Å². The lowest BCUT2D eigenvalue weighted by molar-refractivity contribution is -0.386. The van der Waals surface area contributed by atoms with Gasteiger partial charge in [0.2, 0.25) is 0 Å². The molecule has 2 rings (SSSR count). The maximum absolute atomic E-state index is 11.4. The summed E-state index contributed by atoms with van der Waals surface area (Å²) in [6.45, 7) is 2.98. The van der Waals surface area contributed by atoms with Gasteiger partial charge in [-0.2, -0.15) is 5.10 Å². The van der Waals surface area contributed by atoms with Crippen molar-refractivity contribution in [3.63, 3.8) is 0 Å². The fraction of sp³-hybridized carbons (Fsp3) is 0.667. The van der Waals surface area contributed by atoms with Crippen LogP contribution in [0.1, 0.15) is 17.4 Å². The third-order valence-electron chi connectivity index (χ3n) is 3.08. The van der Waals surface area contributed by atoms with Gasteiger partial charge >= 0.3 is 5.69 Å². The number of sulfone groups is 1. The van der Waals surface area contributed by atoms with Crippen LogP contribution >= 0.6 is 0 Å². The van der Waals surface area contributed by atoms with Crippen molar-refractivity contribution in [2.45, 2.75) is 26.0 Å². The lowest BCUT2D eigenvalue weighted by Gasteiger charge is -2.14. The van der Waals surface area contributed by atoms with Crippen LogP contribution in [0.5, 0.6) is 0 Å². The Hall–Kier alpha value is -1.48. The molecule has 0 spiro atoms. The first-order valence-corrected chi connectivity index (χ1v) is 7.13. The SMILES string of the molecule is Cc1nn(C2CS(=O)(=O)CC2O)c(C)c1[N+](=O)[O-]. The maximum atomic E-state index is 11.4. The average molecular weight is 275 g/mol. The molecule has 0 aliphatic carbocycles. The monoisotopic (exact) mass is 275 g/mol. The quantitative estimate of drug-likeness (QED) is 0.587. The number of aliphatic hydroxyl groups is 1. The van der Waals surface area contributed by atoms with Gasteiger partial charge in [0.05, 0.1) is 28.6 Å². The average Bonchev–Trinajstić information content (AvgIpc) is 2.63. The molecule has 2 heterocycles. The highest BCUT2D eigenvalue weighted by molar-refractivity contribution is 7.91. The van der Waals surface area contributed by atoms with Gasteiger partial charge in [-0.05, 0) is 13.8 Å². The molecule has 1 aromatic heterocycles.